The Kier molecular flexibility index (Phi) is 4.22. The van der Waals surface area contributed by atoms with E-state index in [9.17, 15) is 8.42 Å². The second-order valence-corrected chi connectivity index (χ2v) is 8.12. The molecule has 3 rings (SSSR count). The highest BCUT2D eigenvalue weighted by molar-refractivity contribution is 7.86. The van der Waals surface area contributed by atoms with Gasteiger partial charge in [0.05, 0.1) is 5.02 Å². The number of thiophene rings is 1. The summed E-state index contributed by atoms with van der Waals surface area (Å²) in [7, 11) is -3.57. The molecule has 0 amide bonds. The molecule has 0 atom stereocenters. The van der Waals surface area contributed by atoms with Crippen LogP contribution in [0.4, 0.5) is 0 Å². The zero-order valence-electron chi connectivity index (χ0n) is 11.3. The molecule has 0 aliphatic carbocycles. The van der Waals surface area contributed by atoms with Crippen LogP contribution in [0, 0.1) is 0 Å². The minimum Gasteiger partial charge on any atom is -0.296 e. The van der Waals surface area contributed by atoms with E-state index >= 15 is 0 Å². The molecule has 5 nitrogen and oxygen atoms in total. The highest BCUT2D eigenvalue weighted by Gasteiger charge is 2.24. The summed E-state index contributed by atoms with van der Waals surface area (Å²) in [6.45, 7) is 2.95. The predicted octanol–water partition coefficient (Wildman–Crippen LogP) is 1.88. The van der Waals surface area contributed by atoms with Crippen molar-refractivity contribution in [1.82, 2.24) is 9.21 Å². The summed E-state index contributed by atoms with van der Waals surface area (Å²) < 4.78 is 25.1. The Labute approximate surface area is 133 Å². The van der Waals surface area contributed by atoms with Crippen LogP contribution in [0.3, 0.4) is 0 Å². The lowest BCUT2D eigenvalue weighted by Crippen LogP contribution is -2.50. The first-order valence-corrected chi connectivity index (χ1v) is 9.31. The van der Waals surface area contributed by atoms with Gasteiger partial charge >= 0.3 is 0 Å². The fourth-order valence-corrected chi connectivity index (χ4v) is 4.72. The quantitative estimate of drug-likeness (QED) is 0.923. The molecule has 1 aliphatic heterocycles. The predicted molar refractivity (Wildman–Crippen MR) is 86.8 cm³/mol. The van der Waals surface area contributed by atoms with Gasteiger partial charge in [0.25, 0.3) is 10.2 Å². The molecule has 21 heavy (non-hydrogen) atoms. The van der Waals surface area contributed by atoms with Crippen molar-refractivity contribution in [2.75, 3.05) is 26.2 Å². The fourth-order valence-electron chi connectivity index (χ4n) is 2.51. The minimum atomic E-state index is -3.57. The molecule has 0 unspecified atom stereocenters. The number of benzene rings is 1. The van der Waals surface area contributed by atoms with Crippen molar-refractivity contribution in [3.05, 3.63) is 34.2 Å². The number of hydrogen-bond acceptors (Lipinski definition) is 4. The van der Waals surface area contributed by atoms with E-state index < -0.39 is 10.2 Å². The Bertz CT molecular complexity index is 752. The monoisotopic (exact) mass is 345 g/mol. The van der Waals surface area contributed by atoms with Gasteiger partial charge in [-0.15, -0.1) is 11.3 Å². The van der Waals surface area contributed by atoms with Gasteiger partial charge in [0.15, 0.2) is 0 Å². The standard InChI is InChI=1S/C13H16ClN3O2S2/c14-13-10-3-1-2-4-11(10)20-12(13)9-16-5-7-17(8-6-16)21(15,18)19/h1-4H,5-9H2,(H2,15,18,19). The molecule has 0 radical (unpaired) electrons. The molecular weight excluding hydrogens is 330 g/mol. The molecule has 2 aromatic rings. The maximum atomic E-state index is 11.3. The third-order valence-electron chi connectivity index (χ3n) is 3.66. The van der Waals surface area contributed by atoms with Crippen molar-refractivity contribution in [2.45, 2.75) is 6.54 Å². The van der Waals surface area contributed by atoms with Crippen molar-refractivity contribution < 1.29 is 8.42 Å². The Morgan fingerprint density at radius 3 is 2.48 bits per heavy atom. The van der Waals surface area contributed by atoms with Crippen molar-refractivity contribution in [1.29, 1.82) is 0 Å². The number of nitrogens with two attached hydrogens (primary N) is 1. The SMILES string of the molecule is NS(=O)(=O)N1CCN(Cc2sc3ccccc3c2Cl)CC1. The van der Waals surface area contributed by atoms with Crippen LogP contribution in [0.25, 0.3) is 10.1 Å². The molecule has 2 N–H and O–H groups in total. The fraction of sp³-hybridized carbons (Fsp3) is 0.385. The molecule has 0 spiro atoms. The average molecular weight is 346 g/mol. The van der Waals surface area contributed by atoms with Gasteiger partial charge < -0.3 is 0 Å². The first kappa shape index (κ1) is 15.2. The van der Waals surface area contributed by atoms with E-state index in [0.29, 0.717) is 26.2 Å². The van der Waals surface area contributed by atoms with E-state index in [1.807, 2.05) is 18.2 Å². The molecular formula is C13H16ClN3O2S2. The van der Waals surface area contributed by atoms with Gasteiger partial charge in [-0.3, -0.25) is 4.90 Å². The number of halogens is 1. The van der Waals surface area contributed by atoms with E-state index in [4.69, 9.17) is 16.7 Å². The molecule has 0 bridgehead atoms. The van der Waals surface area contributed by atoms with Gasteiger partial charge in [-0.2, -0.15) is 12.7 Å². The van der Waals surface area contributed by atoms with Gasteiger partial charge in [-0.25, -0.2) is 5.14 Å². The molecule has 2 heterocycles. The number of piperazine rings is 1. The zero-order valence-corrected chi connectivity index (χ0v) is 13.7. The van der Waals surface area contributed by atoms with Gasteiger partial charge in [0.2, 0.25) is 0 Å². The molecule has 1 fully saturated rings. The normalized spacial score (nSPS) is 18.4. The van der Waals surface area contributed by atoms with Crippen LogP contribution in [0.1, 0.15) is 4.88 Å². The smallest absolute Gasteiger partial charge is 0.276 e. The Balaban J connectivity index is 1.71. The van der Waals surface area contributed by atoms with Crippen LogP contribution in [-0.2, 0) is 16.8 Å². The van der Waals surface area contributed by atoms with Gasteiger partial charge in [0, 0.05) is 47.7 Å². The Morgan fingerprint density at radius 1 is 1.19 bits per heavy atom. The molecule has 1 aromatic carbocycles. The largest absolute Gasteiger partial charge is 0.296 e. The summed E-state index contributed by atoms with van der Waals surface area (Å²) in [5, 5.41) is 7.04. The van der Waals surface area contributed by atoms with E-state index in [1.54, 1.807) is 11.3 Å². The van der Waals surface area contributed by atoms with Crippen LogP contribution in [-0.4, -0.2) is 43.8 Å². The zero-order chi connectivity index (χ0) is 15.0. The van der Waals surface area contributed by atoms with Crippen LogP contribution in [0.2, 0.25) is 5.02 Å². The minimum absolute atomic E-state index is 0.432. The second-order valence-electron chi connectivity index (χ2n) is 5.06. The molecule has 114 valence electrons. The van der Waals surface area contributed by atoms with Crippen LogP contribution in [0.5, 0.6) is 0 Å². The highest BCUT2D eigenvalue weighted by Crippen LogP contribution is 2.35. The summed E-state index contributed by atoms with van der Waals surface area (Å²) in [5.41, 5.74) is 0. The highest BCUT2D eigenvalue weighted by atomic mass is 35.5. The van der Waals surface area contributed by atoms with E-state index in [-0.39, 0.29) is 0 Å². The van der Waals surface area contributed by atoms with E-state index in [2.05, 4.69) is 11.0 Å². The number of nitrogens with zero attached hydrogens (tertiary/aromatic N) is 2. The lowest BCUT2D eigenvalue weighted by molar-refractivity contribution is 0.183. The van der Waals surface area contributed by atoms with Gasteiger partial charge in [-0.05, 0) is 6.07 Å². The lowest BCUT2D eigenvalue weighted by Gasteiger charge is -2.32. The maximum absolute atomic E-state index is 11.3. The van der Waals surface area contributed by atoms with Crippen molar-refractivity contribution in [3.8, 4) is 0 Å². The molecule has 1 aromatic heterocycles. The summed E-state index contributed by atoms with van der Waals surface area (Å²) in [6, 6.07) is 8.07. The third kappa shape index (κ3) is 3.23. The van der Waals surface area contributed by atoms with Crippen LogP contribution < -0.4 is 5.14 Å². The molecule has 1 saturated heterocycles. The van der Waals surface area contributed by atoms with Crippen LogP contribution in [0.15, 0.2) is 24.3 Å². The summed E-state index contributed by atoms with van der Waals surface area (Å²) in [5.74, 6) is 0. The van der Waals surface area contributed by atoms with Crippen LogP contribution >= 0.6 is 22.9 Å². The second kappa shape index (κ2) is 5.83. The molecule has 0 saturated carbocycles. The Morgan fingerprint density at radius 2 is 1.86 bits per heavy atom. The number of fused-ring (bicyclic) bond motifs is 1. The molecule has 1 aliphatic rings. The van der Waals surface area contributed by atoms with Gasteiger partial charge in [0.1, 0.15) is 0 Å². The summed E-state index contributed by atoms with van der Waals surface area (Å²) >= 11 is 8.13. The third-order valence-corrected chi connectivity index (χ3v) is 6.44. The lowest BCUT2D eigenvalue weighted by atomic mass is 10.2. The van der Waals surface area contributed by atoms with Gasteiger partial charge in [-0.1, -0.05) is 29.8 Å². The first-order chi connectivity index (χ1) is 9.95. The van der Waals surface area contributed by atoms with Crippen molar-refractivity contribution in [3.63, 3.8) is 0 Å². The van der Waals surface area contributed by atoms with Crippen molar-refractivity contribution in [2.24, 2.45) is 5.14 Å². The van der Waals surface area contributed by atoms with Crippen molar-refractivity contribution >= 4 is 43.2 Å². The number of rotatable bonds is 3. The number of hydrogen-bond donors (Lipinski definition) is 1. The molecule has 8 heteroatoms. The van der Waals surface area contributed by atoms with E-state index in [0.717, 1.165) is 21.8 Å². The Hall–Kier alpha value is -0.700. The van der Waals surface area contributed by atoms with E-state index in [1.165, 1.54) is 9.01 Å². The summed E-state index contributed by atoms with van der Waals surface area (Å²) in [6.07, 6.45) is 0. The topological polar surface area (TPSA) is 66.6 Å². The average Bonchev–Trinajstić information content (AvgIpc) is 2.76. The first-order valence-electron chi connectivity index (χ1n) is 6.61. The summed E-state index contributed by atoms with van der Waals surface area (Å²) in [4.78, 5) is 3.33. The maximum Gasteiger partial charge on any atom is 0.276 e.